The minimum atomic E-state index is -0.328. The topological polar surface area (TPSA) is 81.2 Å². The summed E-state index contributed by atoms with van der Waals surface area (Å²) in [6.45, 7) is 4.20. The van der Waals surface area contributed by atoms with E-state index in [0.29, 0.717) is 18.7 Å². The SMILES string of the molecule is Cc1noc(C)c1Cn1cc(N2C(=O)CC(Cc3ccccc3)C2=O)cn1. The van der Waals surface area contributed by atoms with Gasteiger partial charge in [-0.25, -0.2) is 4.90 Å². The summed E-state index contributed by atoms with van der Waals surface area (Å²) in [6, 6.07) is 9.76. The summed E-state index contributed by atoms with van der Waals surface area (Å²) < 4.78 is 6.86. The highest BCUT2D eigenvalue weighted by atomic mass is 16.5. The Labute approximate surface area is 156 Å². The molecule has 1 fully saturated rings. The zero-order valence-electron chi connectivity index (χ0n) is 15.3. The third kappa shape index (κ3) is 3.28. The minimum Gasteiger partial charge on any atom is -0.361 e. The molecule has 0 radical (unpaired) electrons. The number of anilines is 1. The summed E-state index contributed by atoms with van der Waals surface area (Å²) in [4.78, 5) is 26.5. The molecule has 27 heavy (non-hydrogen) atoms. The van der Waals surface area contributed by atoms with Gasteiger partial charge < -0.3 is 4.52 Å². The van der Waals surface area contributed by atoms with Crippen LogP contribution in [0.5, 0.6) is 0 Å². The molecule has 3 heterocycles. The molecular weight excluding hydrogens is 344 g/mol. The highest BCUT2D eigenvalue weighted by molar-refractivity contribution is 6.20. The Bertz CT molecular complexity index is 970. The van der Waals surface area contributed by atoms with Gasteiger partial charge in [-0.2, -0.15) is 5.10 Å². The van der Waals surface area contributed by atoms with Gasteiger partial charge in [-0.1, -0.05) is 35.5 Å². The van der Waals surface area contributed by atoms with Crippen LogP contribution in [0.1, 0.15) is 29.0 Å². The van der Waals surface area contributed by atoms with Crippen molar-refractivity contribution < 1.29 is 14.1 Å². The number of aryl methyl sites for hydroxylation is 2. The van der Waals surface area contributed by atoms with E-state index in [9.17, 15) is 9.59 Å². The average Bonchev–Trinajstić information content (AvgIpc) is 3.31. The molecule has 1 unspecified atom stereocenters. The van der Waals surface area contributed by atoms with Crippen LogP contribution in [-0.2, 0) is 22.6 Å². The molecule has 138 valence electrons. The molecular formula is C20H20N4O3. The quantitative estimate of drug-likeness (QED) is 0.650. The van der Waals surface area contributed by atoms with E-state index in [1.165, 1.54) is 4.90 Å². The van der Waals surface area contributed by atoms with Crippen LogP contribution in [0.15, 0.2) is 47.2 Å². The predicted octanol–water partition coefficient (Wildman–Crippen LogP) is 2.66. The van der Waals surface area contributed by atoms with E-state index in [4.69, 9.17) is 4.52 Å². The third-order valence-electron chi connectivity index (χ3n) is 4.94. The van der Waals surface area contributed by atoms with E-state index < -0.39 is 0 Å². The number of carbonyl (C=O) groups excluding carboxylic acids is 2. The summed E-state index contributed by atoms with van der Waals surface area (Å²) in [5, 5.41) is 8.23. The van der Waals surface area contributed by atoms with Crippen molar-refractivity contribution in [1.29, 1.82) is 0 Å². The van der Waals surface area contributed by atoms with Gasteiger partial charge in [0, 0.05) is 18.2 Å². The van der Waals surface area contributed by atoms with Crippen LogP contribution in [0.4, 0.5) is 5.69 Å². The molecule has 1 aliphatic rings. The molecule has 1 aromatic carbocycles. The largest absolute Gasteiger partial charge is 0.361 e. The van der Waals surface area contributed by atoms with Crippen LogP contribution in [0.2, 0.25) is 0 Å². The molecule has 2 aromatic heterocycles. The number of imide groups is 1. The Kier molecular flexibility index (Phi) is 4.35. The van der Waals surface area contributed by atoms with Gasteiger partial charge in [-0.05, 0) is 25.8 Å². The monoisotopic (exact) mass is 364 g/mol. The fraction of sp³-hybridized carbons (Fsp3) is 0.300. The smallest absolute Gasteiger partial charge is 0.237 e. The first-order valence-electron chi connectivity index (χ1n) is 8.88. The van der Waals surface area contributed by atoms with Crippen molar-refractivity contribution >= 4 is 17.5 Å². The number of hydrogen-bond donors (Lipinski definition) is 0. The molecule has 0 saturated carbocycles. The fourth-order valence-electron chi connectivity index (χ4n) is 3.47. The lowest BCUT2D eigenvalue weighted by Gasteiger charge is -2.12. The summed E-state index contributed by atoms with van der Waals surface area (Å²) in [7, 11) is 0. The predicted molar refractivity (Wildman–Crippen MR) is 98.1 cm³/mol. The van der Waals surface area contributed by atoms with Crippen molar-refractivity contribution in [2.75, 3.05) is 4.90 Å². The highest BCUT2D eigenvalue weighted by Crippen LogP contribution is 2.28. The molecule has 0 bridgehead atoms. The minimum absolute atomic E-state index is 0.166. The van der Waals surface area contributed by atoms with Gasteiger partial charge in [-0.15, -0.1) is 0 Å². The molecule has 7 heteroatoms. The number of nitrogens with zero attached hydrogens (tertiary/aromatic N) is 4. The van der Waals surface area contributed by atoms with E-state index in [-0.39, 0.29) is 24.2 Å². The normalized spacial score (nSPS) is 17.1. The van der Waals surface area contributed by atoms with Crippen LogP contribution in [-0.4, -0.2) is 26.8 Å². The van der Waals surface area contributed by atoms with Crippen LogP contribution >= 0.6 is 0 Å². The average molecular weight is 364 g/mol. The first kappa shape index (κ1) is 17.2. The molecule has 3 aromatic rings. The van der Waals surface area contributed by atoms with Crippen molar-refractivity contribution in [2.24, 2.45) is 5.92 Å². The van der Waals surface area contributed by atoms with Crippen LogP contribution in [0.3, 0.4) is 0 Å². The van der Waals surface area contributed by atoms with E-state index in [0.717, 1.165) is 22.6 Å². The molecule has 0 aliphatic carbocycles. The van der Waals surface area contributed by atoms with E-state index in [2.05, 4.69) is 10.3 Å². The second-order valence-electron chi connectivity index (χ2n) is 6.86. The lowest BCUT2D eigenvalue weighted by Crippen LogP contribution is -2.30. The molecule has 4 rings (SSSR count). The fourth-order valence-corrected chi connectivity index (χ4v) is 3.47. The van der Waals surface area contributed by atoms with Crippen molar-refractivity contribution in [1.82, 2.24) is 14.9 Å². The Balaban J connectivity index is 1.51. The Morgan fingerprint density at radius 1 is 1.19 bits per heavy atom. The van der Waals surface area contributed by atoms with Crippen molar-refractivity contribution in [3.8, 4) is 0 Å². The van der Waals surface area contributed by atoms with Crippen LogP contribution in [0.25, 0.3) is 0 Å². The molecule has 2 amide bonds. The van der Waals surface area contributed by atoms with E-state index in [1.807, 2.05) is 44.2 Å². The zero-order chi connectivity index (χ0) is 19.0. The van der Waals surface area contributed by atoms with Gasteiger partial charge in [0.15, 0.2) is 0 Å². The molecule has 1 saturated heterocycles. The van der Waals surface area contributed by atoms with Crippen molar-refractivity contribution in [2.45, 2.75) is 33.2 Å². The lowest BCUT2D eigenvalue weighted by molar-refractivity contribution is -0.122. The Hall–Kier alpha value is -3.22. The summed E-state index contributed by atoms with van der Waals surface area (Å²) in [6.07, 6.45) is 4.06. The maximum absolute atomic E-state index is 12.8. The highest BCUT2D eigenvalue weighted by Gasteiger charge is 2.39. The third-order valence-corrected chi connectivity index (χ3v) is 4.94. The zero-order valence-corrected chi connectivity index (χ0v) is 15.3. The number of aromatic nitrogens is 3. The van der Waals surface area contributed by atoms with E-state index in [1.54, 1.807) is 17.1 Å². The maximum Gasteiger partial charge on any atom is 0.237 e. The summed E-state index contributed by atoms with van der Waals surface area (Å²) in [5.41, 5.74) is 3.32. The Morgan fingerprint density at radius 3 is 2.67 bits per heavy atom. The van der Waals surface area contributed by atoms with Gasteiger partial charge in [0.05, 0.1) is 30.0 Å². The van der Waals surface area contributed by atoms with Gasteiger partial charge in [0.1, 0.15) is 5.76 Å². The number of hydrogen-bond acceptors (Lipinski definition) is 5. The summed E-state index contributed by atoms with van der Waals surface area (Å²) >= 11 is 0. The Morgan fingerprint density at radius 2 is 1.96 bits per heavy atom. The van der Waals surface area contributed by atoms with Gasteiger partial charge >= 0.3 is 0 Å². The maximum atomic E-state index is 12.8. The second kappa shape index (κ2) is 6.83. The van der Waals surface area contributed by atoms with Gasteiger partial charge in [0.25, 0.3) is 0 Å². The molecule has 1 atom stereocenters. The van der Waals surface area contributed by atoms with Crippen molar-refractivity contribution in [3.05, 3.63) is 65.3 Å². The first-order chi connectivity index (χ1) is 13.0. The number of carbonyl (C=O) groups is 2. The van der Waals surface area contributed by atoms with Crippen LogP contribution < -0.4 is 4.90 Å². The second-order valence-corrected chi connectivity index (χ2v) is 6.86. The molecule has 7 nitrogen and oxygen atoms in total. The van der Waals surface area contributed by atoms with E-state index >= 15 is 0 Å². The first-order valence-corrected chi connectivity index (χ1v) is 8.88. The standard InChI is InChI=1S/C20H20N4O3/c1-13-18(14(2)27-22-13)12-23-11-17(10-21-23)24-19(25)9-16(20(24)26)8-15-6-4-3-5-7-15/h3-7,10-11,16H,8-9,12H2,1-2H3. The summed E-state index contributed by atoms with van der Waals surface area (Å²) in [5.74, 6) is 0.0603. The molecule has 0 spiro atoms. The van der Waals surface area contributed by atoms with Crippen LogP contribution in [0, 0.1) is 19.8 Å². The number of amides is 2. The number of rotatable bonds is 5. The van der Waals surface area contributed by atoms with Crippen molar-refractivity contribution in [3.63, 3.8) is 0 Å². The lowest BCUT2D eigenvalue weighted by atomic mass is 9.98. The van der Waals surface area contributed by atoms with Gasteiger partial charge in [0.2, 0.25) is 11.8 Å². The molecule has 0 N–H and O–H groups in total. The number of benzene rings is 1. The van der Waals surface area contributed by atoms with Gasteiger partial charge in [-0.3, -0.25) is 14.3 Å². The molecule has 1 aliphatic heterocycles.